The van der Waals surface area contributed by atoms with Gasteiger partial charge in [0.2, 0.25) is 0 Å². The molecule has 1 aliphatic heterocycles. The lowest BCUT2D eigenvalue weighted by atomic mass is 9.65. The van der Waals surface area contributed by atoms with E-state index in [0.717, 1.165) is 41.0 Å². The number of hydrogen-bond donors (Lipinski definition) is 2. The first kappa shape index (κ1) is 21.2. The highest BCUT2D eigenvalue weighted by Gasteiger charge is 2.54. The van der Waals surface area contributed by atoms with Crippen LogP contribution in [0.15, 0.2) is 30.3 Å². The Hall–Kier alpha value is -2.49. The summed E-state index contributed by atoms with van der Waals surface area (Å²) in [6.45, 7) is 15.2. The number of fused-ring (bicyclic) bond motifs is 1. The van der Waals surface area contributed by atoms with E-state index in [4.69, 9.17) is 10.5 Å². The summed E-state index contributed by atoms with van der Waals surface area (Å²) in [5, 5.41) is 2.90. The predicted molar refractivity (Wildman–Crippen MR) is 120 cm³/mol. The molecular weight excluding hydrogens is 360 g/mol. The maximum atomic E-state index is 11.7. The minimum absolute atomic E-state index is 0.358. The SMILES string of the molecule is CCc1cc2c(c(CC)c1NC(N)=O)C(C)(c1ccc(C(C)C)cc1)C(C)(C)O2. The smallest absolute Gasteiger partial charge is 0.316 e. The van der Waals surface area contributed by atoms with Gasteiger partial charge in [-0.25, -0.2) is 4.79 Å². The quantitative estimate of drug-likeness (QED) is 0.663. The number of benzene rings is 2. The Morgan fingerprint density at radius 3 is 2.21 bits per heavy atom. The zero-order valence-corrected chi connectivity index (χ0v) is 18.8. The largest absolute Gasteiger partial charge is 0.486 e. The van der Waals surface area contributed by atoms with Gasteiger partial charge in [0.05, 0.1) is 5.41 Å². The third-order valence-electron chi connectivity index (χ3n) is 6.68. The number of rotatable bonds is 5. The molecule has 1 unspecified atom stereocenters. The van der Waals surface area contributed by atoms with Crippen LogP contribution in [0.2, 0.25) is 0 Å². The first-order valence-corrected chi connectivity index (χ1v) is 10.6. The summed E-state index contributed by atoms with van der Waals surface area (Å²) in [5.41, 5.74) is 11.4. The van der Waals surface area contributed by atoms with Crippen molar-refractivity contribution in [1.82, 2.24) is 0 Å². The van der Waals surface area contributed by atoms with Crippen LogP contribution >= 0.6 is 0 Å². The molecule has 3 N–H and O–H groups in total. The summed E-state index contributed by atoms with van der Waals surface area (Å²) in [6, 6.07) is 10.4. The highest BCUT2D eigenvalue weighted by molar-refractivity contribution is 5.91. The number of nitrogens with one attached hydrogen (secondary N) is 1. The van der Waals surface area contributed by atoms with Gasteiger partial charge < -0.3 is 15.8 Å². The summed E-state index contributed by atoms with van der Waals surface area (Å²) in [5.74, 6) is 1.40. The fraction of sp³-hybridized carbons (Fsp3) is 0.480. The van der Waals surface area contributed by atoms with Crippen molar-refractivity contribution in [3.05, 3.63) is 58.1 Å². The molecule has 2 aromatic carbocycles. The van der Waals surface area contributed by atoms with Gasteiger partial charge in [-0.3, -0.25) is 0 Å². The van der Waals surface area contributed by atoms with Crippen molar-refractivity contribution in [2.45, 2.75) is 78.2 Å². The maximum Gasteiger partial charge on any atom is 0.316 e. The fourth-order valence-corrected chi connectivity index (χ4v) is 4.68. The number of nitrogens with two attached hydrogens (primary N) is 1. The van der Waals surface area contributed by atoms with Crippen molar-refractivity contribution < 1.29 is 9.53 Å². The molecule has 0 fully saturated rings. The van der Waals surface area contributed by atoms with Crippen LogP contribution in [-0.4, -0.2) is 11.6 Å². The second-order valence-corrected chi connectivity index (χ2v) is 8.97. The van der Waals surface area contributed by atoms with Crippen LogP contribution in [-0.2, 0) is 18.3 Å². The van der Waals surface area contributed by atoms with Gasteiger partial charge in [-0.15, -0.1) is 0 Å². The molecule has 0 aromatic heterocycles. The molecule has 3 rings (SSSR count). The summed E-state index contributed by atoms with van der Waals surface area (Å²) < 4.78 is 6.54. The lowest BCUT2D eigenvalue weighted by molar-refractivity contribution is 0.0811. The predicted octanol–water partition coefficient (Wildman–Crippen LogP) is 5.90. The van der Waals surface area contributed by atoms with Gasteiger partial charge in [0.25, 0.3) is 0 Å². The Kier molecular flexibility index (Phi) is 5.42. The molecule has 0 saturated carbocycles. The van der Waals surface area contributed by atoms with Crippen LogP contribution in [0.3, 0.4) is 0 Å². The second-order valence-electron chi connectivity index (χ2n) is 8.97. The number of carbonyl (C=O) groups excluding carboxylic acids is 1. The molecule has 0 saturated heterocycles. The Bertz CT molecular complexity index is 929. The molecule has 2 amide bonds. The molecule has 0 radical (unpaired) electrons. The zero-order chi connectivity index (χ0) is 21.6. The van der Waals surface area contributed by atoms with Gasteiger partial charge in [0.15, 0.2) is 0 Å². The van der Waals surface area contributed by atoms with Gasteiger partial charge >= 0.3 is 6.03 Å². The van der Waals surface area contributed by atoms with Crippen LogP contribution < -0.4 is 15.8 Å². The number of hydrogen-bond acceptors (Lipinski definition) is 2. The topological polar surface area (TPSA) is 64.3 Å². The third kappa shape index (κ3) is 3.29. The van der Waals surface area contributed by atoms with Crippen LogP contribution in [0.5, 0.6) is 5.75 Å². The molecule has 2 aromatic rings. The number of carbonyl (C=O) groups is 1. The Morgan fingerprint density at radius 2 is 1.72 bits per heavy atom. The Morgan fingerprint density at radius 1 is 1.10 bits per heavy atom. The molecule has 4 heteroatoms. The van der Waals surface area contributed by atoms with Crippen molar-refractivity contribution in [3.63, 3.8) is 0 Å². The first-order chi connectivity index (χ1) is 13.6. The van der Waals surface area contributed by atoms with Gasteiger partial charge in [-0.05, 0) is 67.9 Å². The second kappa shape index (κ2) is 7.40. The van der Waals surface area contributed by atoms with Crippen molar-refractivity contribution in [2.75, 3.05) is 5.32 Å². The van der Waals surface area contributed by atoms with Gasteiger partial charge in [0.1, 0.15) is 11.4 Å². The third-order valence-corrected chi connectivity index (χ3v) is 6.68. The molecule has 1 heterocycles. The van der Waals surface area contributed by atoms with Crippen LogP contribution in [0.25, 0.3) is 0 Å². The monoisotopic (exact) mass is 394 g/mol. The number of primary amides is 1. The van der Waals surface area contributed by atoms with E-state index in [1.165, 1.54) is 11.1 Å². The lowest BCUT2D eigenvalue weighted by Gasteiger charge is -2.38. The molecule has 156 valence electrons. The van der Waals surface area contributed by atoms with Crippen LogP contribution in [0.1, 0.15) is 82.2 Å². The van der Waals surface area contributed by atoms with E-state index >= 15 is 0 Å². The lowest BCUT2D eigenvalue weighted by Crippen LogP contribution is -2.45. The van der Waals surface area contributed by atoms with Gasteiger partial charge in [-0.2, -0.15) is 0 Å². The van der Waals surface area contributed by atoms with Gasteiger partial charge in [0, 0.05) is 11.3 Å². The van der Waals surface area contributed by atoms with E-state index in [2.05, 4.69) is 84.1 Å². The van der Waals surface area contributed by atoms with E-state index in [1.807, 2.05) is 0 Å². The number of aryl methyl sites for hydroxylation is 1. The van der Waals surface area contributed by atoms with E-state index in [9.17, 15) is 4.79 Å². The molecule has 1 atom stereocenters. The summed E-state index contributed by atoms with van der Waals surface area (Å²) in [7, 11) is 0. The number of ether oxygens (including phenoxy) is 1. The summed E-state index contributed by atoms with van der Waals surface area (Å²) in [6.07, 6.45) is 1.57. The number of urea groups is 1. The van der Waals surface area contributed by atoms with Crippen molar-refractivity contribution in [1.29, 1.82) is 0 Å². The van der Waals surface area contributed by atoms with E-state index in [1.54, 1.807) is 0 Å². The van der Waals surface area contributed by atoms with Gasteiger partial charge in [-0.1, -0.05) is 52.0 Å². The highest BCUT2D eigenvalue weighted by Crippen LogP contribution is 2.56. The van der Waals surface area contributed by atoms with Crippen molar-refractivity contribution in [3.8, 4) is 5.75 Å². The molecule has 0 aliphatic carbocycles. The Balaban J connectivity index is 2.30. The molecule has 0 bridgehead atoms. The average molecular weight is 395 g/mol. The Labute approximate surface area is 174 Å². The summed E-state index contributed by atoms with van der Waals surface area (Å²) in [4.78, 5) is 11.7. The molecule has 4 nitrogen and oxygen atoms in total. The van der Waals surface area contributed by atoms with Crippen molar-refractivity contribution >= 4 is 11.7 Å². The summed E-state index contributed by atoms with van der Waals surface area (Å²) >= 11 is 0. The minimum Gasteiger partial charge on any atom is -0.486 e. The van der Waals surface area contributed by atoms with E-state index in [0.29, 0.717) is 5.92 Å². The van der Waals surface area contributed by atoms with Crippen LogP contribution in [0.4, 0.5) is 10.5 Å². The zero-order valence-electron chi connectivity index (χ0n) is 18.8. The molecule has 1 aliphatic rings. The molecule has 29 heavy (non-hydrogen) atoms. The standard InChI is InChI=1S/C25H34N2O2/c1-8-16-14-20-21(19(9-2)22(16)27-23(26)28)25(7,24(5,6)29-20)18-12-10-17(11-13-18)15(3)4/h10-15H,8-9H2,1-7H3,(H3,26,27,28). The van der Waals surface area contributed by atoms with Crippen molar-refractivity contribution in [2.24, 2.45) is 5.73 Å². The van der Waals surface area contributed by atoms with E-state index in [-0.39, 0.29) is 5.41 Å². The fourth-order valence-electron chi connectivity index (χ4n) is 4.68. The number of anilines is 1. The number of amides is 2. The first-order valence-electron chi connectivity index (χ1n) is 10.6. The molecular formula is C25H34N2O2. The van der Waals surface area contributed by atoms with Crippen LogP contribution in [0, 0.1) is 0 Å². The highest BCUT2D eigenvalue weighted by atomic mass is 16.5. The molecule has 0 spiro atoms. The minimum atomic E-state index is -0.532. The maximum absolute atomic E-state index is 11.7. The normalized spacial score (nSPS) is 19.7. The average Bonchev–Trinajstić information content (AvgIpc) is 2.87. The van der Waals surface area contributed by atoms with E-state index < -0.39 is 11.6 Å².